The fourth-order valence-corrected chi connectivity index (χ4v) is 3.48. The number of carboxylic acids is 1. The Bertz CT molecular complexity index is 511. The van der Waals surface area contributed by atoms with Gasteiger partial charge < -0.3 is 14.9 Å². The molecule has 2 aliphatic rings. The molecule has 0 aromatic heterocycles. The van der Waals surface area contributed by atoms with Crippen LogP contribution in [0.4, 0.5) is 0 Å². The molecule has 4 heteroatoms. The molecule has 0 bridgehead atoms. The van der Waals surface area contributed by atoms with Crippen LogP contribution in [-0.2, 0) is 11.2 Å². The number of hydrogen-bond acceptors (Lipinski definition) is 3. The van der Waals surface area contributed by atoms with Crippen LogP contribution in [0.5, 0.6) is 5.75 Å². The lowest BCUT2D eigenvalue weighted by atomic mass is 9.74. The minimum absolute atomic E-state index is 0.179. The molecule has 3 rings (SSSR count). The number of ether oxygens (including phenoxy) is 1. The van der Waals surface area contributed by atoms with Crippen LogP contribution in [-0.4, -0.2) is 22.8 Å². The lowest BCUT2D eigenvalue weighted by molar-refractivity contribution is -0.147. The van der Waals surface area contributed by atoms with Crippen molar-refractivity contribution in [2.75, 3.05) is 6.61 Å². The van der Waals surface area contributed by atoms with E-state index in [9.17, 15) is 15.0 Å². The second-order valence-electron chi connectivity index (χ2n) is 5.80. The molecular formula is C16H20O4. The lowest BCUT2D eigenvalue weighted by Crippen LogP contribution is -2.31. The summed E-state index contributed by atoms with van der Waals surface area (Å²) < 4.78 is 5.46. The maximum atomic E-state index is 11.4. The molecule has 1 aliphatic heterocycles. The number of carbonyl (C=O) groups is 1. The Labute approximate surface area is 118 Å². The molecule has 2 N–H and O–H groups in total. The molecule has 1 saturated carbocycles. The molecule has 20 heavy (non-hydrogen) atoms. The van der Waals surface area contributed by atoms with Gasteiger partial charge in [0.1, 0.15) is 5.75 Å². The summed E-state index contributed by atoms with van der Waals surface area (Å²) >= 11 is 0. The van der Waals surface area contributed by atoms with Crippen LogP contribution < -0.4 is 4.74 Å². The van der Waals surface area contributed by atoms with Crippen molar-refractivity contribution in [2.24, 2.45) is 11.8 Å². The first kappa shape index (κ1) is 13.4. The summed E-state index contributed by atoms with van der Waals surface area (Å²) in [6.45, 7) is 0.691. The van der Waals surface area contributed by atoms with Gasteiger partial charge in [0.25, 0.3) is 0 Å². The van der Waals surface area contributed by atoms with Crippen LogP contribution in [0.15, 0.2) is 18.2 Å². The zero-order valence-corrected chi connectivity index (χ0v) is 11.4. The van der Waals surface area contributed by atoms with Gasteiger partial charge in [-0.1, -0.05) is 18.9 Å². The van der Waals surface area contributed by atoms with Crippen LogP contribution in [0.3, 0.4) is 0 Å². The van der Waals surface area contributed by atoms with Crippen LogP contribution >= 0.6 is 0 Å². The number of rotatable bonds is 3. The SMILES string of the molecule is O=C(O)C1CCCCC1C(O)c1ccc2c(c1)CCO2. The van der Waals surface area contributed by atoms with E-state index in [1.165, 1.54) is 0 Å². The maximum Gasteiger partial charge on any atom is 0.306 e. The molecule has 0 saturated heterocycles. The molecule has 3 unspecified atom stereocenters. The van der Waals surface area contributed by atoms with E-state index in [2.05, 4.69) is 0 Å². The van der Waals surface area contributed by atoms with Crippen molar-refractivity contribution in [1.82, 2.24) is 0 Å². The number of aliphatic hydroxyl groups excluding tert-OH is 1. The Morgan fingerprint density at radius 1 is 1.30 bits per heavy atom. The Kier molecular flexibility index (Phi) is 3.66. The number of aliphatic carboxylic acids is 1. The van der Waals surface area contributed by atoms with Crippen LogP contribution in [0.2, 0.25) is 0 Å². The molecule has 4 nitrogen and oxygen atoms in total. The van der Waals surface area contributed by atoms with Gasteiger partial charge in [0.05, 0.1) is 18.6 Å². The van der Waals surface area contributed by atoms with E-state index in [4.69, 9.17) is 4.74 Å². The minimum atomic E-state index is -0.779. The Hall–Kier alpha value is -1.55. The molecule has 1 aromatic rings. The molecule has 1 fully saturated rings. The first-order chi connectivity index (χ1) is 9.66. The topological polar surface area (TPSA) is 66.8 Å². The van der Waals surface area contributed by atoms with Crippen molar-refractivity contribution in [1.29, 1.82) is 0 Å². The monoisotopic (exact) mass is 276 g/mol. The summed E-state index contributed by atoms with van der Waals surface area (Å²) in [5.74, 6) is -0.498. The average Bonchev–Trinajstić information content (AvgIpc) is 2.93. The van der Waals surface area contributed by atoms with Gasteiger partial charge in [0, 0.05) is 12.3 Å². The van der Waals surface area contributed by atoms with Crippen molar-refractivity contribution in [3.63, 3.8) is 0 Å². The molecule has 1 aromatic carbocycles. The normalized spacial score (nSPS) is 26.6. The highest BCUT2D eigenvalue weighted by Crippen LogP contribution is 2.40. The molecule has 0 radical (unpaired) electrons. The number of benzene rings is 1. The summed E-state index contributed by atoms with van der Waals surface area (Å²) in [5.41, 5.74) is 1.94. The van der Waals surface area contributed by atoms with E-state index in [1.54, 1.807) is 0 Å². The number of aliphatic hydroxyl groups is 1. The van der Waals surface area contributed by atoms with Crippen molar-refractivity contribution >= 4 is 5.97 Å². The van der Waals surface area contributed by atoms with E-state index < -0.39 is 18.0 Å². The van der Waals surface area contributed by atoms with Crippen LogP contribution in [0.25, 0.3) is 0 Å². The third kappa shape index (κ3) is 2.40. The summed E-state index contributed by atoms with van der Waals surface area (Å²) in [5, 5.41) is 19.9. The third-order valence-electron chi connectivity index (χ3n) is 4.60. The van der Waals surface area contributed by atoms with E-state index >= 15 is 0 Å². The summed E-state index contributed by atoms with van der Waals surface area (Å²) in [7, 11) is 0. The van der Waals surface area contributed by atoms with Crippen LogP contribution in [0, 0.1) is 11.8 Å². The quantitative estimate of drug-likeness (QED) is 0.890. The Morgan fingerprint density at radius 2 is 2.10 bits per heavy atom. The second kappa shape index (κ2) is 5.44. The zero-order valence-electron chi connectivity index (χ0n) is 11.4. The van der Waals surface area contributed by atoms with Crippen LogP contribution in [0.1, 0.15) is 42.9 Å². The van der Waals surface area contributed by atoms with Gasteiger partial charge in [-0.15, -0.1) is 0 Å². The van der Waals surface area contributed by atoms with E-state index in [-0.39, 0.29) is 5.92 Å². The molecule has 108 valence electrons. The molecule has 0 spiro atoms. The minimum Gasteiger partial charge on any atom is -0.493 e. The van der Waals surface area contributed by atoms with E-state index in [0.29, 0.717) is 13.0 Å². The summed E-state index contributed by atoms with van der Waals surface area (Å²) in [4.78, 5) is 11.4. The maximum absolute atomic E-state index is 11.4. The van der Waals surface area contributed by atoms with Gasteiger partial charge in [0.2, 0.25) is 0 Å². The molecule has 1 aliphatic carbocycles. The van der Waals surface area contributed by atoms with Gasteiger partial charge in [-0.2, -0.15) is 0 Å². The second-order valence-corrected chi connectivity index (χ2v) is 5.80. The van der Waals surface area contributed by atoms with Gasteiger partial charge in [-0.05, 0) is 36.1 Å². The van der Waals surface area contributed by atoms with Gasteiger partial charge >= 0.3 is 5.97 Å². The standard InChI is InChI=1S/C16H20O4/c17-15(12-3-1-2-4-13(12)16(18)19)11-5-6-14-10(9-11)7-8-20-14/h5-6,9,12-13,15,17H,1-4,7-8H2,(H,18,19). The highest BCUT2D eigenvalue weighted by Gasteiger charge is 2.36. The fraction of sp³-hybridized carbons (Fsp3) is 0.562. The summed E-state index contributed by atoms with van der Waals surface area (Å²) in [6.07, 6.45) is 3.57. The lowest BCUT2D eigenvalue weighted by Gasteiger charge is -2.32. The van der Waals surface area contributed by atoms with Crippen molar-refractivity contribution in [3.05, 3.63) is 29.3 Å². The largest absolute Gasteiger partial charge is 0.493 e. The molecular weight excluding hydrogens is 256 g/mol. The van der Waals surface area contributed by atoms with Crippen molar-refractivity contribution in [3.8, 4) is 5.75 Å². The molecule has 3 atom stereocenters. The highest BCUT2D eigenvalue weighted by atomic mass is 16.5. The first-order valence-electron chi connectivity index (χ1n) is 7.33. The number of fused-ring (bicyclic) bond motifs is 1. The van der Waals surface area contributed by atoms with Gasteiger partial charge in [0.15, 0.2) is 0 Å². The Balaban J connectivity index is 1.83. The smallest absolute Gasteiger partial charge is 0.306 e. The molecule has 0 amide bonds. The number of hydrogen-bond donors (Lipinski definition) is 2. The van der Waals surface area contributed by atoms with Crippen molar-refractivity contribution < 1.29 is 19.7 Å². The van der Waals surface area contributed by atoms with E-state index in [1.807, 2.05) is 18.2 Å². The Morgan fingerprint density at radius 3 is 2.90 bits per heavy atom. The first-order valence-corrected chi connectivity index (χ1v) is 7.33. The van der Waals surface area contributed by atoms with E-state index in [0.717, 1.165) is 42.6 Å². The predicted octanol–water partition coefficient (Wildman–Crippen LogP) is 2.55. The highest BCUT2D eigenvalue weighted by molar-refractivity contribution is 5.70. The van der Waals surface area contributed by atoms with Gasteiger partial charge in [-0.3, -0.25) is 4.79 Å². The third-order valence-corrected chi connectivity index (χ3v) is 4.60. The van der Waals surface area contributed by atoms with Crippen molar-refractivity contribution in [2.45, 2.75) is 38.2 Å². The predicted molar refractivity (Wildman–Crippen MR) is 73.7 cm³/mol. The van der Waals surface area contributed by atoms with Gasteiger partial charge in [-0.25, -0.2) is 0 Å². The zero-order chi connectivity index (χ0) is 14.1. The number of carboxylic acid groups (broad SMARTS) is 1. The summed E-state index contributed by atoms with van der Waals surface area (Å²) in [6, 6.07) is 5.72. The fourth-order valence-electron chi connectivity index (χ4n) is 3.48. The average molecular weight is 276 g/mol. The molecule has 1 heterocycles.